The largest absolute Gasteiger partial charge is 0.253 e. The smallest absolute Gasteiger partial charge is 0.164 e. The van der Waals surface area contributed by atoms with Crippen LogP contribution < -0.4 is 4.72 Å². The molecular weight excluding hydrogens is 176 g/mol. The molecule has 1 heterocycles. The van der Waals surface area contributed by atoms with E-state index in [2.05, 4.69) is 30.5 Å². The van der Waals surface area contributed by atoms with Crippen LogP contribution in [0.3, 0.4) is 0 Å². The third-order valence-corrected chi connectivity index (χ3v) is 2.95. The van der Waals surface area contributed by atoms with Crippen LogP contribution in [0.15, 0.2) is 15.9 Å². The van der Waals surface area contributed by atoms with E-state index in [0.29, 0.717) is 0 Å². The molecule has 62 valence electrons. The first kappa shape index (κ1) is 9.03. The van der Waals surface area contributed by atoms with Gasteiger partial charge in [-0.1, -0.05) is 0 Å². The number of thiazole rings is 1. The molecule has 0 unspecified atom stereocenters. The summed E-state index contributed by atoms with van der Waals surface area (Å²) in [6.45, 7) is 6.40. The van der Waals surface area contributed by atoms with Crippen molar-refractivity contribution in [2.24, 2.45) is 0 Å². The van der Waals surface area contributed by atoms with Crippen LogP contribution in [0.5, 0.6) is 0 Å². The molecule has 1 N–H and O–H groups in total. The van der Waals surface area contributed by atoms with Gasteiger partial charge in [0.25, 0.3) is 0 Å². The summed E-state index contributed by atoms with van der Waals surface area (Å²) in [5, 5.41) is 1.98. The third kappa shape index (κ3) is 3.74. The standard InChI is InChI=1S/C7H12N2S2/c1-7(2,3)9-11-6-8-4-5-10-6/h4-5,9H,1-3H3. The molecular formula is C7H12N2S2. The number of aromatic nitrogens is 1. The fraction of sp³-hybridized carbons (Fsp3) is 0.571. The molecule has 0 saturated heterocycles. The van der Waals surface area contributed by atoms with Gasteiger partial charge in [-0.15, -0.1) is 11.3 Å². The van der Waals surface area contributed by atoms with E-state index in [4.69, 9.17) is 0 Å². The summed E-state index contributed by atoms with van der Waals surface area (Å²) in [4.78, 5) is 4.14. The average molecular weight is 188 g/mol. The second-order valence-corrected chi connectivity index (χ2v) is 5.20. The molecule has 0 atom stereocenters. The van der Waals surface area contributed by atoms with Gasteiger partial charge >= 0.3 is 0 Å². The molecule has 0 saturated carbocycles. The number of hydrogen-bond acceptors (Lipinski definition) is 4. The van der Waals surface area contributed by atoms with E-state index in [1.807, 2.05) is 11.6 Å². The Labute approximate surface area is 75.6 Å². The second kappa shape index (κ2) is 3.56. The van der Waals surface area contributed by atoms with Gasteiger partial charge in [-0.3, -0.25) is 4.72 Å². The van der Waals surface area contributed by atoms with Crippen molar-refractivity contribution in [3.8, 4) is 0 Å². The van der Waals surface area contributed by atoms with Gasteiger partial charge in [0.05, 0.1) is 0 Å². The van der Waals surface area contributed by atoms with Gasteiger partial charge < -0.3 is 0 Å². The lowest BCUT2D eigenvalue weighted by Crippen LogP contribution is -2.29. The Bertz CT molecular complexity index is 201. The highest BCUT2D eigenvalue weighted by molar-refractivity contribution is 7.99. The first-order chi connectivity index (χ1) is 5.08. The Morgan fingerprint density at radius 2 is 2.27 bits per heavy atom. The summed E-state index contributed by atoms with van der Waals surface area (Å²) in [5.41, 5.74) is 0.149. The Morgan fingerprint density at radius 1 is 1.55 bits per heavy atom. The van der Waals surface area contributed by atoms with Crippen LogP contribution in [0.25, 0.3) is 0 Å². The molecule has 4 heteroatoms. The first-order valence-corrected chi connectivity index (χ1v) is 5.11. The summed E-state index contributed by atoms with van der Waals surface area (Å²) < 4.78 is 4.36. The molecule has 2 nitrogen and oxygen atoms in total. The predicted octanol–water partition coefficient (Wildman–Crippen LogP) is 2.54. The fourth-order valence-corrected chi connectivity index (χ4v) is 1.81. The van der Waals surface area contributed by atoms with Crippen molar-refractivity contribution >= 4 is 23.3 Å². The third-order valence-electron chi connectivity index (χ3n) is 0.854. The normalized spacial score (nSPS) is 11.9. The van der Waals surface area contributed by atoms with Gasteiger partial charge in [0.1, 0.15) is 0 Å². The van der Waals surface area contributed by atoms with Crippen LogP contribution >= 0.6 is 23.3 Å². The highest BCUT2D eigenvalue weighted by atomic mass is 32.2. The molecule has 11 heavy (non-hydrogen) atoms. The maximum atomic E-state index is 4.14. The van der Waals surface area contributed by atoms with Gasteiger partial charge in [-0.2, -0.15) is 0 Å². The number of nitrogens with zero attached hydrogens (tertiary/aromatic N) is 1. The minimum atomic E-state index is 0.149. The molecule has 0 bridgehead atoms. The van der Waals surface area contributed by atoms with Crippen LogP contribution in [0.2, 0.25) is 0 Å². The average Bonchev–Trinajstić information content (AvgIpc) is 2.32. The molecule has 0 fully saturated rings. The highest BCUT2D eigenvalue weighted by Crippen LogP contribution is 2.19. The van der Waals surface area contributed by atoms with E-state index in [1.54, 1.807) is 23.3 Å². The number of nitrogens with one attached hydrogen (secondary N) is 1. The zero-order valence-corrected chi connectivity index (χ0v) is 8.55. The van der Waals surface area contributed by atoms with Crippen molar-refractivity contribution < 1.29 is 0 Å². The van der Waals surface area contributed by atoms with Gasteiger partial charge in [-0.25, -0.2) is 4.98 Å². The summed E-state index contributed by atoms with van der Waals surface area (Å²) >= 11 is 3.24. The van der Waals surface area contributed by atoms with Gasteiger partial charge in [0.2, 0.25) is 0 Å². The molecule has 1 aromatic heterocycles. The maximum Gasteiger partial charge on any atom is 0.164 e. The molecule has 0 aliphatic rings. The highest BCUT2D eigenvalue weighted by Gasteiger charge is 2.09. The first-order valence-electron chi connectivity index (χ1n) is 3.41. The summed E-state index contributed by atoms with van der Waals surface area (Å²) in [5.74, 6) is 0. The Kier molecular flexibility index (Phi) is 2.92. The topological polar surface area (TPSA) is 24.9 Å². The van der Waals surface area contributed by atoms with Crippen LogP contribution in [0, 0.1) is 0 Å². The van der Waals surface area contributed by atoms with E-state index in [9.17, 15) is 0 Å². The predicted molar refractivity (Wildman–Crippen MR) is 50.9 cm³/mol. The lowest BCUT2D eigenvalue weighted by Gasteiger charge is -2.17. The van der Waals surface area contributed by atoms with Crippen molar-refractivity contribution in [3.05, 3.63) is 11.6 Å². The fourth-order valence-electron chi connectivity index (χ4n) is 0.458. The van der Waals surface area contributed by atoms with Gasteiger partial charge in [0, 0.05) is 17.1 Å². The molecule has 0 spiro atoms. The zero-order chi connectivity index (χ0) is 8.32. The monoisotopic (exact) mass is 188 g/mol. The molecule has 0 amide bonds. The van der Waals surface area contributed by atoms with Crippen LogP contribution in [-0.2, 0) is 0 Å². The molecule has 0 aromatic carbocycles. The molecule has 1 aromatic rings. The van der Waals surface area contributed by atoms with E-state index in [-0.39, 0.29) is 5.54 Å². The van der Waals surface area contributed by atoms with Gasteiger partial charge in [0.15, 0.2) is 4.34 Å². The Hall–Kier alpha value is -0.0600. The second-order valence-electron chi connectivity index (χ2n) is 3.25. The van der Waals surface area contributed by atoms with Crippen molar-refractivity contribution in [2.75, 3.05) is 0 Å². The van der Waals surface area contributed by atoms with Crippen molar-refractivity contribution in [1.82, 2.24) is 9.71 Å². The van der Waals surface area contributed by atoms with Crippen molar-refractivity contribution in [2.45, 2.75) is 30.6 Å². The Morgan fingerprint density at radius 3 is 2.73 bits per heavy atom. The van der Waals surface area contributed by atoms with Crippen LogP contribution in [0.4, 0.5) is 0 Å². The van der Waals surface area contributed by atoms with Crippen molar-refractivity contribution in [3.63, 3.8) is 0 Å². The summed E-state index contributed by atoms with van der Waals surface area (Å²) in [6, 6.07) is 0. The SMILES string of the molecule is CC(C)(C)NSc1nccs1. The molecule has 0 aliphatic heterocycles. The summed E-state index contributed by atoms with van der Waals surface area (Å²) in [7, 11) is 0. The lowest BCUT2D eigenvalue weighted by atomic mass is 10.1. The minimum absolute atomic E-state index is 0.149. The quantitative estimate of drug-likeness (QED) is 0.722. The Balaban J connectivity index is 2.35. The molecule has 1 rings (SSSR count). The molecule has 0 aliphatic carbocycles. The number of rotatable bonds is 2. The van der Waals surface area contributed by atoms with Crippen molar-refractivity contribution in [1.29, 1.82) is 0 Å². The lowest BCUT2D eigenvalue weighted by molar-refractivity contribution is 0.535. The van der Waals surface area contributed by atoms with E-state index < -0.39 is 0 Å². The van der Waals surface area contributed by atoms with E-state index in [1.165, 1.54) is 0 Å². The van der Waals surface area contributed by atoms with E-state index in [0.717, 1.165) is 4.34 Å². The van der Waals surface area contributed by atoms with Crippen LogP contribution in [0.1, 0.15) is 20.8 Å². The van der Waals surface area contributed by atoms with Crippen LogP contribution in [-0.4, -0.2) is 10.5 Å². The summed E-state index contributed by atoms with van der Waals surface area (Å²) in [6.07, 6.45) is 1.82. The minimum Gasteiger partial charge on any atom is -0.253 e. The molecule has 0 radical (unpaired) electrons. The van der Waals surface area contributed by atoms with E-state index >= 15 is 0 Å². The van der Waals surface area contributed by atoms with Gasteiger partial charge in [-0.05, 0) is 32.7 Å². The zero-order valence-electron chi connectivity index (χ0n) is 6.92. The maximum absolute atomic E-state index is 4.14. The number of hydrogen-bond donors (Lipinski definition) is 1.